The molecule has 1 heterocycles. The van der Waals surface area contributed by atoms with Gasteiger partial charge in [0.1, 0.15) is 0 Å². The first-order valence-electron chi connectivity index (χ1n) is 8.71. The minimum Gasteiger partial charge on any atom is -0.411 e. The number of oxime groups is 1. The van der Waals surface area contributed by atoms with Gasteiger partial charge in [-0.1, -0.05) is 57.5 Å². The fourth-order valence-corrected chi connectivity index (χ4v) is 3.03. The molecular weight excluding hydrogens is 264 g/mol. The third-order valence-electron chi connectivity index (χ3n) is 4.52. The Morgan fingerprint density at radius 3 is 2.48 bits per heavy atom. The molecule has 1 aliphatic heterocycles. The Morgan fingerprint density at radius 2 is 1.86 bits per heavy atom. The quantitative estimate of drug-likeness (QED) is 0.393. The van der Waals surface area contributed by atoms with Crippen molar-refractivity contribution in [2.24, 2.45) is 11.1 Å². The number of hydrogen-bond acceptors (Lipinski definition) is 3. The number of hydrogen-bond donors (Lipinski definition) is 1. The third-order valence-corrected chi connectivity index (χ3v) is 4.52. The smallest absolute Gasteiger partial charge is 0.222 e. The van der Waals surface area contributed by atoms with Gasteiger partial charge >= 0.3 is 0 Å². The van der Waals surface area contributed by atoms with Crippen LogP contribution in [0.15, 0.2) is 5.16 Å². The molecule has 1 unspecified atom stereocenters. The summed E-state index contributed by atoms with van der Waals surface area (Å²) in [5.41, 5.74) is 0.859. The van der Waals surface area contributed by atoms with Gasteiger partial charge in [0.15, 0.2) is 0 Å². The van der Waals surface area contributed by atoms with E-state index in [-0.39, 0.29) is 11.8 Å². The number of unbranched alkanes of at least 4 members (excludes halogenated alkanes) is 6. The number of nitrogens with zero attached hydrogens (tertiary/aromatic N) is 2. The second-order valence-corrected chi connectivity index (χ2v) is 6.16. The monoisotopic (exact) mass is 296 g/mol. The van der Waals surface area contributed by atoms with Crippen LogP contribution in [-0.2, 0) is 4.79 Å². The maximum absolute atomic E-state index is 12.2. The van der Waals surface area contributed by atoms with Crippen molar-refractivity contribution in [2.45, 2.75) is 78.1 Å². The summed E-state index contributed by atoms with van der Waals surface area (Å²) in [7, 11) is 0. The van der Waals surface area contributed by atoms with E-state index >= 15 is 0 Å². The molecule has 0 saturated carbocycles. The highest BCUT2D eigenvalue weighted by atomic mass is 16.4. The van der Waals surface area contributed by atoms with E-state index in [1.54, 1.807) is 0 Å². The molecular formula is C17H32N2O2. The molecule has 1 fully saturated rings. The normalized spacial score (nSPS) is 21.0. The van der Waals surface area contributed by atoms with Gasteiger partial charge in [-0.2, -0.15) is 0 Å². The summed E-state index contributed by atoms with van der Waals surface area (Å²) in [5, 5.41) is 12.3. The molecule has 1 rings (SSSR count). The largest absolute Gasteiger partial charge is 0.411 e. The second kappa shape index (κ2) is 10.6. The zero-order chi connectivity index (χ0) is 15.5. The Kier molecular flexibility index (Phi) is 9.11. The topological polar surface area (TPSA) is 52.9 Å². The van der Waals surface area contributed by atoms with Crippen LogP contribution < -0.4 is 0 Å². The molecule has 0 aromatic rings. The van der Waals surface area contributed by atoms with E-state index in [9.17, 15) is 4.79 Å². The van der Waals surface area contributed by atoms with Crippen molar-refractivity contribution in [3.8, 4) is 0 Å². The summed E-state index contributed by atoms with van der Waals surface area (Å²) in [5.74, 6) is 0.515. The van der Waals surface area contributed by atoms with Crippen LogP contribution in [0.4, 0.5) is 0 Å². The summed E-state index contributed by atoms with van der Waals surface area (Å²) >= 11 is 0. The zero-order valence-electron chi connectivity index (χ0n) is 13.8. The van der Waals surface area contributed by atoms with Crippen molar-refractivity contribution in [3.63, 3.8) is 0 Å². The van der Waals surface area contributed by atoms with Crippen molar-refractivity contribution in [1.29, 1.82) is 0 Å². The lowest BCUT2D eigenvalue weighted by Crippen LogP contribution is -2.43. The van der Waals surface area contributed by atoms with Gasteiger partial charge in [-0.25, -0.2) is 0 Å². The highest BCUT2D eigenvalue weighted by Crippen LogP contribution is 2.19. The van der Waals surface area contributed by atoms with Crippen molar-refractivity contribution in [1.82, 2.24) is 4.90 Å². The van der Waals surface area contributed by atoms with Gasteiger partial charge in [0.25, 0.3) is 0 Å². The average molecular weight is 296 g/mol. The van der Waals surface area contributed by atoms with E-state index in [2.05, 4.69) is 19.0 Å². The second-order valence-electron chi connectivity index (χ2n) is 6.16. The van der Waals surface area contributed by atoms with Gasteiger partial charge in [0.2, 0.25) is 5.91 Å². The predicted molar refractivity (Wildman–Crippen MR) is 86.8 cm³/mol. The molecule has 0 aromatic heterocycles. The molecule has 0 aromatic carbocycles. The Hall–Kier alpha value is -1.06. The molecule has 1 saturated heterocycles. The Balaban J connectivity index is 2.18. The summed E-state index contributed by atoms with van der Waals surface area (Å²) in [4.78, 5) is 14.2. The maximum atomic E-state index is 12.2. The number of piperidine rings is 1. The standard InChI is InChI=1S/C17H32N2O2/c1-3-5-6-7-8-9-10-11-17(20)19-13-12-16(18-21)15(4-2)14-19/h15,21H,3-14H2,1-2H3. The van der Waals surface area contributed by atoms with Gasteiger partial charge in [0.05, 0.1) is 5.71 Å². The molecule has 0 bridgehead atoms. The van der Waals surface area contributed by atoms with Crippen LogP contribution >= 0.6 is 0 Å². The number of likely N-dealkylation sites (tertiary alicyclic amines) is 1. The molecule has 0 spiro atoms. The van der Waals surface area contributed by atoms with Crippen molar-refractivity contribution < 1.29 is 10.0 Å². The van der Waals surface area contributed by atoms with Crippen LogP contribution in [-0.4, -0.2) is 34.8 Å². The number of carbonyl (C=O) groups is 1. The molecule has 0 aliphatic carbocycles. The summed E-state index contributed by atoms with van der Waals surface area (Å²) < 4.78 is 0. The van der Waals surface area contributed by atoms with Crippen LogP contribution in [0.5, 0.6) is 0 Å². The fraction of sp³-hybridized carbons (Fsp3) is 0.882. The molecule has 1 atom stereocenters. The lowest BCUT2D eigenvalue weighted by atomic mass is 9.93. The van der Waals surface area contributed by atoms with Crippen LogP contribution in [0.1, 0.15) is 78.1 Å². The molecule has 0 radical (unpaired) electrons. The van der Waals surface area contributed by atoms with Gasteiger partial charge in [-0.15, -0.1) is 0 Å². The first-order chi connectivity index (χ1) is 10.2. The molecule has 1 amide bonds. The fourth-order valence-electron chi connectivity index (χ4n) is 3.03. The molecule has 4 nitrogen and oxygen atoms in total. The molecule has 1 N–H and O–H groups in total. The lowest BCUT2D eigenvalue weighted by molar-refractivity contribution is -0.132. The number of rotatable bonds is 9. The first-order valence-corrected chi connectivity index (χ1v) is 8.71. The van der Waals surface area contributed by atoms with Crippen molar-refractivity contribution in [3.05, 3.63) is 0 Å². The van der Waals surface area contributed by atoms with Gasteiger partial charge in [0, 0.05) is 31.8 Å². The molecule has 1 aliphatic rings. The van der Waals surface area contributed by atoms with Crippen LogP contribution in [0.25, 0.3) is 0 Å². The minimum atomic E-state index is 0.238. The highest BCUT2D eigenvalue weighted by Gasteiger charge is 2.27. The number of carbonyl (C=O) groups excluding carboxylic acids is 1. The lowest BCUT2D eigenvalue weighted by Gasteiger charge is -2.33. The van der Waals surface area contributed by atoms with Gasteiger partial charge < -0.3 is 10.1 Å². The van der Waals surface area contributed by atoms with Gasteiger partial charge in [-0.05, 0) is 12.8 Å². The summed E-state index contributed by atoms with van der Waals surface area (Å²) in [6, 6.07) is 0. The predicted octanol–water partition coefficient (Wildman–Crippen LogP) is 4.22. The van der Waals surface area contributed by atoms with Crippen LogP contribution in [0.3, 0.4) is 0 Å². The summed E-state index contributed by atoms with van der Waals surface area (Å²) in [6.07, 6.45) is 11.0. The van der Waals surface area contributed by atoms with E-state index in [1.165, 1.54) is 38.5 Å². The van der Waals surface area contributed by atoms with Crippen molar-refractivity contribution >= 4 is 11.6 Å². The van der Waals surface area contributed by atoms with E-state index in [0.717, 1.165) is 31.5 Å². The van der Waals surface area contributed by atoms with Crippen molar-refractivity contribution in [2.75, 3.05) is 13.1 Å². The number of amides is 1. The molecule has 4 heteroatoms. The highest BCUT2D eigenvalue weighted by molar-refractivity contribution is 5.89. The average Bonchev–Trinajstić information content (AvgIpc) is 2.53. The van der Waals surface area contributed by atoms with E-state index in [4.69, 9.17) is 5.21 Å². The maximum Gasteiger partial charge on any atom is 0.222 e. The Bertz CT molecular complexity index is 329. The van der Waals surface area contributed by atoms with E-state index in [0.29, 0.717) is 13.0 Å². The Labute approximate surface area is 129 Å². The first kappa shape index (κ1) is 18.0. The zero-order valence-corrected chi connectivity index (χ0v) is 13.8. The summed E-state index contributed by atoms with van der Waals surface area (Å²) in [6.45, 7) is 5.75. The van der Waals surface area contributed by atoms with E-state index in [1.807, 2.05) is 4.90 Å². The Morgan fingerprint density at radius 1 is 1.19 bits per heavy atom. The van der Waals surface area contributed by atoms with Crippen LogP contribution in [0.2, 0.25) is 0 Å². The van der Waals surface area contributed by atoms with Crippen LogP contribution in [0, 0.1) is 5.92 Å². The third kappa shape index (κ3) is 6.49. The molecule has 21 heavy (non-hydrogen) atoms. The molecule has 122 valence electrons. The van der Waals surface area contributed by atoms with Gasteiger partial charge in [-0.3, -0.25) is 4.79 Å². The van der Waals surface area contributed by atoms with E-state index < -0.39 is 0 Å². The minimum absolute atomic E-state index is 0.238. The SMILES string of the molecule is CCCCCCCCCC(=O)N1CCC(=NO)C(CC)C1.